The van der Waals surface area contributed by atoms with Crippen molar-refractivity contribution in [2.75, 3.05) is 31.2 Å². The molecule has 3 nitrogen and oxygen atoms in total. The minimum Gasteiger partial charge on any atom is -0.378 e. The zero-order chi connectivity index (χ0) is 11.5. The fourth-order valence-corrected chi connectivity index (χ4v) is 2.02. The van der Waals surface area contributed by atoms with Crippen LogP contribution in [0.25, 0.3) is 0 Å². The third-order valence-electron chi connectivity index (χ3n) is 2.68. The average Bonchev–Trinajstić information content (AvgIpc) is 2.33. The van der Waals surface area contributed by atoms with E-state index in [0.717, 1.165) is 18.8 Å². The first-order chi connectivity index (χ1) is 7.72. The van der Waals surface area contributed by atoms with E-state index < -0.39 is 5.82 Å². The Bertz CT molecular complexity index is 384. The second kappa shape index (κ2) is 6.40. The molecule has 2 rings (SSSR count). The first-order valence-corrected chi connectivity index (χ1v) is 5.61. The zero-order valence-corrected chi connectivity index (χ0v) is 10.9. The van der Waals surface area contributed by atoms with Crippen LogP contribution in [-0.2, 0) is 11.3 Å². The van der Waals surface area contributed by atoms with Crippen molar-refractivity contribution < 1.29 is 9.13 Å². The summed E-state index contributed by atoms with van der Waals surface area (Å²) in [5.74, 6) is -0.416. The molecular weight excluding hydrogens is 266 g/mol. The predicted molar refractivity (Wildman–Crippen MR) is 69.6 cm³/mol. The minimum absolute atomic E-state index is 0. The molecule has 0 amide bonds. The summed E-state index contributed by atoms with van der Waals surface area (Å²) in [5.41, 5.74) is 6.84. The van der Waals surface area contributed by atoms with Crippen molar-refractivity contribution >= 4 is 29.7 Å². The van der Waals surface area contributed by atoms with Crippen LogP contribution in [0, 0.1) is 5.82 Å². The van der Waals surface area contributed by atoms with Gasteiger partial charge in [0.25, 0.3) is 0 Å². The molecule has 1 saturated heterocycles. The summed E-state index contributed by atoms with van der Waals surface area (Å²) in [6, 6.07) is 3.40. The number of hydrogen-bond donors (Lipinski definition) is 1. The molecule has 1 fully saturated rings. The van der Waals surface area contributed by atoms with Gasteiger partial charge in [-0.1, -0.05) is 11.6 Å². The number of anilines is 1. The van der Waals surface area contributed by atoms with Crippen molar-refractivity contribution in [2.24, 2.45) is 5.73 Å². The summed E-state index contributed by atoms with van der Waals surface area (Å²) in [6.07, 6.45) is 0. The standard InChI is InChI=1S/C11H14ClFN2O.ClH/c12-10-6-9(5-8(7-14)11(10)13)15-1-3-16-4-2-15;/h5-6H,1-4,7,14H2;1H. The number of nitrogens with two attached hydrogens (primary N) is 1. The highest BCUT2D eigenvalue weighted by atomic mass is 35.5. The van der Waals surface area contributed by atoms with E-state index in [4.69, 9.17) is 22.1 Å². The zero-order valence-electron chi connectivity index (χ0n) is 9.29. The lowest BCUT2D eigenvalue weighted by molar-refractivity contribution is 0.122. The van der Waals surface area contributed by atoms with Crippen molar-refractivity contribution in [1.82, 2.24) is 0 Å². The molecule has 2 N–H and O–H groups in total. The summed E-state index contributed by atoms with van der Waals surface area (Å²) in [7, 11) is 0. The molecule has 1 aliphatic heterocycles. The van der Waals surface area contributed by atoms with Crippen LogP contribution in [0.1, 0.15) is 5.56 Å². The summed E-state index contributed by atoms with van der Waals surface area (Å²) in [6.45, 7) is 3.13. The highest BCUT2D eigenvalue weighted by Crippen LogP contribution is 2.26. The molecule has 0 atom stereocenters. The molecule has 0 aliphatic carbocycles. The smallest absolute Gasteiger partial charge is 0.146 e. The fraction of sp³-hybridized carbons (Fsp3) is 0.455. The molecule has 0 radical (unpaired) electrons. The van der Waals surface area contributed by atoms with Crippen molar-refractivity contribution in [2.45, 2.75) is 6.54 Å². The van der Waals surface area contributed by atoms with Gasteiger partial charge in [0.1, 0.15) is 5.82 Å². The van der Waals surface area contributed by atoms with Crippen molar-refractivity contribution in [3.05, 3.63) is 28.5 Å². The van der Waals surface area contributed by atoms with Gasteiger partial charge in [0.15, 0.2) is 0 Å². The van der Waals surface area contributed by atoms with E-state index in [9.17, 15) is 4.39 Å². The number of hydrogen-bond acceptors (Lipinski definition) is 3. The van der Waals surface area contributed by atoms with Gasteiger partial charge in [0.05, 0.1) is 18.2 Å². The molecular formula is C11H15Cl2FN2O. The van der Waals surface area contributed by atoms with Crippen LogP contribution in [0.5, 0.6) is 0 Å². The number of morpholine rings is 1. The molecule has 0 unspecified atom stereocenters. The van der Waals surface area contributed by atoms with Crippen LogP contribution in [0.2, 0.25) is 5.02 Å². The molecule has 1 aliphatic rings. The molecule has 1 aromatic rings. The van der Waals surface area contributed by atoms with E-state index >= 15 is 0 Å². The number of benzene rings is 1. The lowest BCUT2D eigenvalue weighted by atomic mass is 10.1. The summed E-state index contributed by atoms with van der Waals surface area (Å²) < 4.78 is 18.8. The van der Waals surface area contributed by atoms with Gasteiger partial charge in [-0.05, 0) is 12.1 Å². The Morgan fingerprint density at radius 2 is 2.00 bits per heavy atom. The normalized spacial score (nSPS) is 15.6. The molecule has 1 aromatic carbocycles. The largest absolute Gasteiger partial charge is 0.378 e. The Hall–Kier alpha value is -0.550. The number of halogens is 3. The van der Waals surface area contributed by atoms with Crippen molar-refractivity contribution in [1.29, 1.82) is 0 Å². The molecule has 17 heavy (non-hydrogen) atoms. The van der Waals surface area contributed by atoms with Crippen molar-refractivity contribution in [3.8, 4) is 0 Å². The summed E-state index contributed by atoms with van der Waals surface area (Å²) >= 11 is 5.83. The van der Waals surface area contributed by atoms with E-state index in [0.29, 0.717) is 18.8 Å². The number of rotatable bonds is 2. The second-order valence-corrected chi connectivity index (χ2v) is 4.11. The summed E-state index contributed by atoms with van der Waals surface area (Å²) in [5, 5.41) is 0.129. The van der Waals surface area contributed by atoms with E-state index in [2.05, 4.69) is 4.90 Å². The van der Waals surface area contributed by atoms with Gasteiger partial charge in [-0.15, -0.1) is 12.4 Å². The number of nitrogens with zero attached hydrogens (tertiary/aromatic N) is 1. The van der Waals surface area contributed by atoms with Gasteiger partial charge in [-0.3, -0.25) is 0 Å². The Morgan fingerprint density at radius 1 is 1.35 bits per heavy atom. The van der Waals surface area contributed by atoms with Crippen LogP contribution in [0.15, 0.2) is 12.1 Å². The van der Waals surface area contributed by atoms with Crippen LogP contribution in [0.4, 0.5) is 10.1 Å². The molecule has 1 heterocycles. The average molecular weight is 281 g/mol. The van der Waals surface area contributed by atoms with E-state index in [1.165, 1.54) is 0 Å². The number of ether oxygens (including phenoxy) is 1. The molecule has 0 bridgehead atoms. The molecule has 0 spiro atoms. The highest BCUT2D eigenvalue weighted by molar-refractivity contribution is 6.31. The first-order valence-electron chi connectivity index (χ1n) is 5.23. The third kappa shape index (κ3) is 3.22. The van der Waals surface area contributed by atoms with Crippen LogP contribution >= 0.6 is 24.0 Å². The Kier molecular flexibility index (Phi) is 5.46. The minimum atomic E-state index is -0.416. The van der Waals surface area contributed by atoms with Gasteiger partial charge in [0.2, 0.25) is 0 Å². The monoisotopic (exact) mass is 280 g/mol. The topological polar surface area (TPSA) is 38.5 Å². The quantitative estimate of drug-likeness (QED) is 0.903. The van der Waals surface area contributed by atoms with Gasteiger partial charge in [-0.2, -0.15) is 0 Å². The van der Waals surface area contributed by atoms with Crippen LogP contribution in [0.3, 0.4) is 0 Å². The van der Waals surface area contributed by atoms with Gasteiger partial charge >= 0.3 is 0 Å². The van der Waals surface area contributed by atoms with Gasteiger partial charge < -0.3 is 15.4 Å². The molecule has 0 saturated carbocycles. The van der Waals surface area contributed by atoms with Crippen molar-refractivity contribution in [3.63, 3.8) is 0 Å². The third-order valence-corrected chi connectivity index (χ3v) is 2.96. The van der Waals surface area contributed by atoms with E-state index in [1.54, 1.807) is 12.1 Å². The van der Waals surface area contributed by atoms with Crippen LogP contribution in [-0.4, -0.2) is 26.3 Å². The highest BCUT2D eigenvalue weighted by Gasteiger charge is 2.15. The second-order valence-electron chi connectivity index (χ2n) is 3.70. The Labute approximate surface area is 111 Å². The van der Waals surface area contributed by atoms with Gasteiger partial charge in [-0.25, -0.2) is 4.39 Å². The maximum Gasteiger partial charge on any atom is 0.146 e. The fourth-order valence-electron chi connectivity index (χ4n) is 1.78. The van der Waals surface area contributed by atoms with E-state index in [-0.39, 0.29) is 24.0 Å². The maximum atomic E-state index is 13.5. The van der Waals surface area contributed by atoms with Crippen LogP contribution < -0.4 is 10.6 Å². The Balaban J connectivity index is 0.00000144. The van der Waals surface area contributed by atoms with E-state index in [1.807, 2.05) is 0 Å². The predicted octanol–water partition coefficient (Wildman–Crippen LogP) is 2.20. The maximum absolute atomic E-state index is 13.5. The summed E-state index contributed by atoms with van der Waals surface area (Å²) in [4.78, 5) is 2.12. The molecule has 6 heteroatoms. The lowest BCUT2D eigenvalue weighted by Crippen LogP contribution is -2.36. The molecule has 0 aromatic heterocycles. The molecule has 96 valence electrons. The SMILES string of the molecule is Cl.NCc1cc(N2CCOCC2)cc(Cl)c1F. The lowest BCUT2D eigenvalue weighted by Gasteiger charge is -2.29. The Morgan fingerprint density at radius 3 is 2.59 bits per heavy atom. The van der Waals surface area contributed by atoms with Gasteiger partial charge in [0, 0.05) is 30.9 Å². The first kappa shape index (κ1) is 14.5.